The van der Waals surface area contributed by atoms with Crippen LogP contribution in [0.4, 0.5) is 0 Å². The first-order valence-corrected chi connectivity index (χ1v) is 10.0. The van der Waals surface area contributed by atoms with E-state index in [-0.39, 0.29) is 18.2 Å². The molecule has 0 radical (unpaired) electrons. The Bertz CT molecular complexity index is 1040. The second-order valence-corrected chi connectivity index (χ2v) is 7.17. The summed E-state index contributed by atoms with van der Waals surface area (Å²) in [5.41, 5.74) is 3.64. The van der Waals surface area contributed by atoms with E-state index >= 15 is 0 Å². The number of fused-ring (bicyclic) bond motifs is 1. The van der Waals surface area contributed by atoms with Gasteiger partial charge in [0, 0.05) is 25.3 Å². The molecular weight excluding hydrogens is 398 g/mol. The van der Waals surface area contributed by atoms with E-state index in [0.29, 0.717) is 18.0 Å². The van der Waals surface area contributed by atoms with Crippen LogP contribution in [0.2, 0.25) is 0 Å². The number of aromatic amines is 1. The number of amides is 1. The van der Waals surface area contributed by atoms with Crippen LogP contribution in [0.3, 0.4) is 0 Å². The first kappa shape index (κ1) is 20.9. The molecule has 2 heterocycles. The van der Waals surface area contributed by atoms with Crippen LogP contribution in [0.1, 0.15) is 34.6 Å². The van der Waals surface area contributed by atoms with Crippen LogP contribution in [0.5, 0.6) is 11.5 Å². The van der Waals surface area contributed by atoms with Gasteiger partial charge in [-0.1, -0.05) is 12.1 Å². The second kappa shape index (κ2) is 8.79. The van der Waals surface area contributed by atoms with Gasteiger partial charge in [0.05, 0.1) is 24.9 Å². The third-order valence-corrected chi connectivity index (χ3v) is 5.38. The van der Waals surface area contributed by atoms with Crippen molar-refractivity contribution in [3.8, 4) is 22.8 Å². The Morgan fingerprint density at radius 1 is 1.10 bits per heavy atom. The van der Waals surface area contributed by atoms with Gasteiger partial charge in [-0.25, -0.2) is 0 Å². The van der Waals surface area contributed by atoms with Crippen molar-refractivity contribution in [2.24, 2.45) is 0 Å². The fourth-order valence-corrected chi connectivity index (χ4v) is 3.89. The van der Waals surface area contributed by atoms with Gasteiger partial charge in [0.15, 0.2) is 6.29 Å². The van der Waals surface area contributed by atoms with E-state index in [2.05, 4.69) is 10.2 Å². The Morgan fingerprint density at radius 3 is 2.39 bits per heavy atom. The van der Waals surface area contributed by atoms with E-state index in [9.17, 15) is 9.90 Å². The van der Waals surface area contributed by atoms with Crippen LogP contribution in [0.25, 0.3) is 11.3 Å². The van der Waals surface area contributed by atoms with Gasteiger partial charge in [0.25, 0.3) is 5.91 Å². The Balaban J connectivity index is 1.79. The number of aromatic hydroxyl groups is 1. The minimum atomic E-state index is -0.575. The normalized spacial score (nSPS) is 15.5. The molecule has 0 bridgehead atoms. The van der Waals surface area contributed by atoms with Gasteiger partial charge in [-0.05, 0) is 48.9 Å². The van der Waals surface area contributed by atoms with Crippen LogP contribution < -0.4 is 4.74 Å². The number of methoxy groups -OCH3 is 2. The number of carbonyl (C=O) groups excluding carboxylic acids is 1. The molecular formula is C23H25N3O5. The number of phenols is 1. The highest BCUT2D eigenvalue weighted by molar-refractivity contribution is 6.00. The highest BCUT2D eigenvalue weighted by atomic mass is 16.7. The van der Waals surface area contributed by atoms with E-state index < -0.39 is 12.3 Å². The number of carbonyl (C=O) groups is 1. The molecule has 1 aliphatic rings. The minimum absolute atomic E-state index is 0.158. The van der Waals surface area contributed by atoms with Crippen molar-refractivity contribution < 1.29 is 24.1 Å². The number of hydrogen-bond acceptors (Lipinski definition) is 6. The highest BCUT2D eigenvalue weighted by Gasteiger charge is 2.43. The van der Waals surface area contributed by atoms with Gasteiger partial charge >= 0.3 is 0 Å². The summed E-state index contributed by atoms with van der Waals surface area (Å²) in [6, 6.07) is 14.0. The fraction of sp³-hybridized carbons (Fsp3) is 0.304. The number of phenolic OH excluding ortho intramolecular Hbond substituents is 1. The van der Waals surface area contributed by atoms with Gasteiger partial charge in [0.2, 0.25) is 0 Å². The number of aromatic nitrogens is 2. The largest absolute Gasteiger partial charge is 0.508 e. The van der Waals surface area contributed by atoms with E-state index in [1.54, 1.807) is 29.2 Å². The Kier molecular flexibility index (Phi) is 5.92. The van der Waals surface area contributed by atoms with Crippen LogP contribution in [-0.4, -0.2) is 59.8 Å². The average Bonchev–Trinajstić information content (AvgIpc) is 3.33. The van der Waals surface area contributed by atoms with Crippen molar-refractivity contribution in [2.45, 2.75) is 19.3 Å². The Morgan fingerprint density at radius 2 is 1.77 bits per heavy atom. The molecule has 1 amide bonds. The third-order valence-electron chi connectivity index (χ3n) is 5.38. The van der Waals surface area contributed by atoms with Crippen molar-refractivity contribution in [1.82, 2.24) is 15.1 Å². The number of nitrogens with zero attached hydrogens (tertiary/aromatic N) is 2. The first-order chi connectivity index (χ1) is 15.1. The molecule has 0 fully saturated rings. The molecule has 162 valence electrons. The highest BCUT2D eigenvalue weighted by Crippen LogP contribution is 2.43. The molecule has 1 atom stereocenters. The predicted molar refractivity (Wildman–Crippen MR) is 114 cm³/mol. The second-order valence-electron chi connectivity index (χ2n) is 7.17. The maximum Gasteiger partial charge on any atom is 0.273 e. The van der Waals surface area contributed by atoms with E-state index in [1.807, 2.05) is 31.2 Å². The molecule has 2 aromatic carbocycles. The lowest BCUT2D eigenvalue weighted by Gasteiger charge is -2.29. The van der Waals surface area contributed by atoms with E-state index in [1.165, 1.54) is 14.2 Å². The quantitative estimate of drug-likeness (QED) is 0.540. The molecule has 8 nitrogen and oxygen atoms in total. The zero-order valence-electron chi connectivity index (χ0n) is 17.7. The van der Waals surface area contributed by atoms with Crippen LogP contribution >= 0.6 is 0 Å². The molecule has 1 aromatic heterocycles. The molecule has 0 saturated carbocycles. The molecule has 3 aromatic rings. The van der Waals surface area contributed by atoms with Crippen molar-refractivity contribution >= 4 is 5.91 Å². The third kappa shape index (κ3) is 3.87. The van der Waals surface area contributed by atoms with Gasteiger partial charge in [-0.3, -0.25) is 9.89 Å². The average molecular weight is 423 g/mol. The maximum atomic E-state index is 13.3. The number of benzene rings is 2. The van der Waals surface area contributed by atoms with Crippen LogP contribution in [-0.2, 0) is 9.47 Å². The lowest BCUT2D eigenvalue weighted by atomic mass is 9.96. The lowest BCUT2D eigenvalue weighted by molar-refractivity contribution is -0.113. The summed E-state index contributed by atoms with van der Waals surface area (Å²) in [6.45, 7) is 2.76. The molecule has 0 spiro atoms. The number of hydrogen-bond donors (Lipinski definition) is 2. The molecule has 4 rings (SSSR count). The van der Waals surface area contributed by atoms with Gasteiger partial charge in [-0.15, -0.1) is 0 Å². The summed E-state index contributed by atoms with van der Waals surface area (Å²) >= 11 is 0. The Hall–Kier alpha value is -3.36. The molecule has 2 N–H and O–H groups in total. The molecule has 1 unspecified atom stereocenters. The van der Waals surface area contributed by atoms with Crippen molar-refractivity contribution in [3.63, 3.8) is 0 Å². The van der Waals surface area contributed by atoms with E-state index in [0.717, 1.165) is 22.4 Å². The van der Waals surface area contributed by atoms with Crippen LogP contribution in [0, 0.1) is 0 Å². The van der Waals surface area contributed by atoms with Crippen molar-refractivity contribution in [1.29, 1.82) is 0 Å². The van der Waals surface area contributed by atoms with Crippen LogP contribution in [0.15, 0.2) is 48.5 Å². The Labute approximate surface area is 180 Å². The van der Waals surface area contributed by atoms with Gasteiger partial charge in [0.1, 0.15) is 17.2 Å². The van der Waals surface area contributed by atoms with Crippen molar-refractivity contribution in [3.05, 3.63) is 65.4 Å². The number of ether oxygens (including phenoxy) is 3. The zero-order valence-corrected chi connectivity index (χ0v) is 17.7. The van der Waals surface area contributed by atoms with Crippen molar-refractivity contribution in [2.75, 3.05) is 27.4 Å². The van der Waals surface area contributed by atoms with Gasteiger partial charge in [-0.2, -0.15) is 5.10 Å². The predicted octanol–water partition coefficient (Wildman–Crippen LogP) is 3.35. The van der Waals surface area contributed by atoms with E-state index in [4.69, 9.17) is 14.2 Å². The number of nitrogens with one attached hydrogen (secondary N) is 1. The summed E-state index contributed by atoms with van der Waals surface area (Å²) in [7, 11) is 3.08. The molecule has 31 heavy (non-hydrogen) atoms. The SMILES string of the molecule is CCOc1ccc(-c2n[nH]c3c2C(c2ccc(O)cc2)N(CC(OC)OC)C3=O)cc1. The summed E-state index contributed by atoms with van der Waals surface area (Å²) in [4.78, 5) is 15.0. The molecule has 8 heteroatoms. The molecule has 1 aliphatic heterocycles. The maximum absolute atomic E-state index is 13.3. The fourth-order valence-electron chi connectivity index (χ4n) is 3.89. The zero-order chi connectivity index (χ0) is 22.0. The number of rotatable bonds is 8. The van der Waals surface area contributed by atoms with Gasteiger partial charge < -0.3 is 24.2 Å². The smallest absolute Gasteiger partial charge is 0.273 e. The summed E-state index contributed by atoms with van der Waals surface area (Å²) in [5.74, 6) is 0.747. The minimum Gasteiger partial charge on any atom is -0.508 e. The molecule has 0 saturated heterocycles. The standard InChI is InChI=1S/C23H25N3O5/c1-4-31-17-11-7-14(8-12-17)20-19-21(25-24-20)23(28)26(13-18(29-2)30-3)22(19)15-5-9-16(27)10-6-15/h5-12,18,22,27H,4,13H2,1-3H3,(H,24,25). The first-order valence-electron chi connectivity index (χ1n) is 10.0. The summed E-state index contributed by atoms with van der Waals surface area (Å²) < 4.78 is 16.2. The monoisotopic (exact) mass is 423 g/mol. The summed E-state index contributed by atoms with van der Waals surface area (Å²) in [6.07, 6.45) is -0.575. The topological polar surface area (TPSA) is 96.9 Å². The lowest BCUT2D eigenvalue weighted by Crippen LogP contribution is -2.38. The number of H-pyrrole nitrogens is 1. The molecule has 0 aliphatic carbocycles. The summed E-state index contributed by atoms with van der Waals surface area (Å²) in [5, 5.41) is 17.1.